The highest BCUT2D eigenvalue weighted by Gasteiger charge is 2.53. The number of hydrogen-bond acceptors (Lipinski definition) is 6. The van der Waals surface area contributed by atoms with E-state index in [2.05, 4.69) is 20.7 Å². The first-order valence-corrected chi connectivity index (χ1v) is 11.2. The number of ether oxygens (including phenoxy) is 1. The number of nitrogens with zero attached hydrogens (tertiary/aromatic N) is 2. The summed E-state index contributed by atoms with van der Waals surface area (Å²) in [6.45, 7) is 3.96. The standard InChI is InChI=1S/C21H28B2F3N5O5/c1-19(2,3)14(29-18(35)36-4)17(34)31-9-11(21(24,25)26)6-13(31)16(33)28-12(8-27)5-10-7-20(22,23)30-15(10)32/h10-14H,5-7,9H2,1-4H3,(H,28,33)(H,29,35)(H,30,32)/t10-,11?,12?,13+,14-/m1/s1. The Bertz CT molecular complexity index is 934. The maximum Gasteiger partial charge on any atom is 0.407 e. The highest BCUT2D eigenvalue weighted by atomic mass is 19.4. The van der Waals surface area contributed by atoms with E-state index in [1.807, 2.05) is 0 Å². The molecule has 2 aliphatic heterocycles. The number of carbonyl (C=O) groups excluding carboxylic acids is 4. The van der Waals surface area contributed by atoms with Crippen molar-refractivity contribution in [1.29, 1.82) is 5.26 Å². The normalized spacial score (nSPS) is 25.3. The summed E-state index contributed by atoms with van der Waals surface area (Å²) in [5.74, 6) is -5.21. The number of methoxy groups -OCH3 is 1. The zero-order valence-corrected chi connectivity index (χ0v) is 20.4. The number of rotatable bonds is 6. The van der Waals surface area contributed by atoms with E-state index in [1.54, 1.807) is 26.8 Å². The summed E-state index contributed by atoms with van der Waals surface area (Å²) in [6, 6.07) is -2.32. The lowest BCUT2D eigenvalue weighted by atomic mass is 9.60. The fourth-order valence-corrected chi connectivity index (χ4v) is 4.33. The van der Waals surface area contributed by atoms with Gasteiger partial charge in [-0.05, 0) is 30.0 Å². The molecule has 4 radical (unpaired) electrons. The van der Waals surface area contributed by atoms with Crippen LogP contribution < -0.4 is 16.0 Å². The molecule has 194 valence electrons. The summed E-state index contributed by atoms with van der Waals surface area (Å²) < 4.78 is 45.2. The molecular weight excluding hydrogens is 481 g/mol. The molecule has 2 heterocycles. The van der Waals surface area contributed by atoms with Crippen LogP contribution in [0.4, 0.5) is 18.0 Å². The van der Waals surface area contributed by atoms with Crippen molar-refractivity contribution in [2.75, 3.05) is 13.7 Å². The van der Waals surface area contributed by atoms with Gasteiger partial charge < -0.3 is 25.6 Å². The molecule has 10 nitrogen and oxygen atoms in total. The van der Waals surface area contributed by atoms with Gasteiger partial charge in [-0.1, -0.05) is 20.8 Å². The predicted octanol–water partition coefficient (Wildman–Crippen LogP) is 0.0619. The molecule has 2 unspecified atom stereocenters. The van der Waals surface area contributed by atoms with Crippen LogP contribution in [-0.4, -0.2) is 87.7 Å². The summed E-state index contributed by atoms with van der Waals surface area (Å²) in [5, 5.41) is 15.0. The molecule has 2 saturated heterocycles. The van der Waals surface area contributed by atoms with Crippen molar-refractivity contribution in [2.45, 2.75) is 69.7 Å². The van der Waals surface area contributed by atoms with Crippen LogP contribution in [-0.2, 0) is 19.1 Å². The van der Waals surface area contributed by atoms with Gasteiger partial charge in [0.05, 0.1) is 34.8 Å². The number of likely N-dealkylation sites (tertiary alicyclic amines) is 1. The molecule has 4 amide bonds. The van der Waals surface area contributed by atoms with E-state index in [1.165, 1.54) is 0 Å². The Balaban J connectivity index is 2.26. The molecule has 0 spiro atoms. The minimum Gasteiger partial charge on any atom is -0.453 e. The van der Waals surface area contributed by atoms with Gasteiger partial charge in [-0.25, -0.2) is 4.79 Å². The molecule has 0 aliphatic carbocycles. The SMILES string of the molecule is [B]C1([B])C[C@@H](CC(C#N)NC(=O)[C@@H]2CC(C(F)(F)F)CN2C(=O)[C@@H](NC(=O)OC)C(C)(C)C)C(=O)N1. The summed E-state index contributed by atoms with van der Waals surface area (Å²) in [6.07, 6.45) is -6.58. The predicted molar refractivity (Wildman–Crippen MR) is 121 cm³/mol. The maximum absolute atomic E-state index is 13.6. The molecule has 5 atom stereocenters. The van der Waals surface area contributed by atoms with Gasteiger partial charge in [0.2, 0.25) is 17.7 Å². The largest absolute Gasteiger partial charge is 0.453 e. The molecule has 15 heteroatoms. The molecule has 3 N–H and O–H groups in total. The van der Waals surface area contributed by atoms with Crippen LogP contribution in [0, 0.1) is 28.6 Å². The monoisotopic (exact) mass is 509 g/mol. The fourth-order valence-electron chi connectivity index (χ4n) is 4.33. The van der Waals surface area contributed by atoms with Crippen LogP contribution in [0.5, 0.6) is 0 Å². The van der Waals surface area contributed by atoms with Crippen molar-refractivity contribution in [3.05, 3.63) is 0 Å². The zero-order chi connectivity index (χ0) is 27.6. The molecular formula is C21H28B2F3N5O5. The Kier molecular flexibility index (Phi) is 8.63. The maximum atomic E-state index is 13.6. The smallest absolute Gasteiger partial charge is 0.407 e. The summed E-state index contributed by atoms with van der Waals surface area (Å²) in [7, 11) is 12.4. The number of amides is 4. The first-order valence-electron chi connectivity index (χ1n) is 11.2. The van der Waals surface area contributed by atoms with Crippen molar-refractivity contribution in [2.24, 2.45) is 17.3 Å². The molecule has 0 aromatic heterocycles. The van der Waals surface area contributed by atoms with E-state index >= 15 is 0 Å². The molecule has 0 aromatic carbocycles. The van der Waals surface area contributed by atoms with Crippen molar-refractivity contribution in [1.82, 2.24) is 20.9 Å². The number of alkyl carbamates (subject to hydrolysis) is 1. The third kappa shape index (κ3) is 7.07. The minimum absolute atomic E-state index is 0.0173. The lowest BCUT2D eigenvalue weighted by Gasteiger charge is -2.35. The van der Waals surface area contributed by atoms with Crippen LogP contribution in [0.15, 0.2) is 0 Å². The van der Waals surface area contributed by atoms with Crippen LogP contribution in [0.3, 0.4) is 0 Å². The lowest BCUT2D eigenvalue weighted by Crippen LogP contribution is -2.58. The van der Waals surface area contributed by atoms with E-state index in [0.717, 1.165) is 12.0 Å². The van der Waals surface area contributed by atoms with Gasteiger partial charge in [0.1, 0.15) is 18.1 Å². The molecule has 0 bridgehead atoms. The van der Waals surface area contributed by atoms with Gasteiger partial charge in [-0.2, -0.15) is 18.4 Å². The third-order valence-corrected chi connectivity index (χ3v) is 6.21. The Labute approximate surface area is 209 Å². The van der Waals surface area contributed by atoms with Crippen LogP contribution in [0.1, 0.15) is 40.0 Å². The van der Waals surface area contributed by atoms with Gasteiger partial charge in [0.25, 0.3) is 0 Å². The Morgan fingerprint density at radius 3 is 2.33 bits per heavy atom. The van der Waals surface area contributed by atoms with Gasteiger partial charge in [-0.3, -0.25) is 14.4 Å². The molecule has 2 aliphatic rings. The number of carbonyl (C=O) groups is 4. The first kappa shape index (κ1) is 29.3. The van der Waals surface area contributed by atoms with Gasteiger partial charge in [0.15, 0.2) is 0 Å². The van der Waals surface area contributed by atoms with Crippen LogP contribution in [0.25, 0.3) is 0 Å². The lowest BCUT2D eigenvalue weighted by molar-refractivity contribution is -0.171. The highest BCUT2D eigenvalue weighted by Crippen LogP contribution is 2.38. The third-order valence-electron chi connectivity index (χ3n) is 6.21. The quantitative estimate of drug-likeness (QED) is 0.433. The van der Waals surface area contributed by atoms with Gasteiger partial charge >= 0.3 is 12.3 Å². The average Bonchev–Trinajstić information content (AvgIpc) is 3.30. The fraction of sp³-hybridized carbons (Fsp3) is 0.762. The van der Waals surface area contributed by atoms with E-state index in [4.69, 9.17) is 15.7 Å². The second kappa shape index (κ2) is 10.6. The number of alkyl halides is 3. The van der Waals surface area contributed by atoms with Gasteiger partial charge in [-0.15, -0.1) is 0 Å². The van der Waals surface area contributed by atoms with E-state index in [0.29, 0.717) is 0 Å². The Morgan fingerprint density at radius 2 is 1.89 bits per heavy atom. The van der Waals surface area contributed by atoms with Crippen molar-refractivity contribution < 1.29 is 37.1 Å². The van der Waals surface area contributed by atoms with E-state index in [9.17, 15) is 37.6 Å². The summed E-state index contributed by atoms with van der Waals surface area (Å²) >= 11 is 0. The second-order valence-corrected chi connectivity index (χ2v) is 10.3. The van der Waals surface area contributed by atoms with Gasteiger partial charge in [0, 0.05) is 12.5 Å². The van der Waals surface area contributed by atoms with E-state index in [-0.39, 0.29) is 12.8 Å². The average molecular weight is 509 g/mol. The number of nitriles is 1. The van der Waals surface area contributed by atoms with Crippen molar-refractivity contribution in [3.63, 3.8) is 0 Å². The highest BCUT2D eigenvalue weighted by molar-refractivity contribution is 6.41. The Hall–Kier alpha value is -2.91. The molecule has 0 aromatic rings. The molecule has 0 saturated carbocycles. The zero-order valence-electron chi connectivity index (χ0n) is 20.4. The molecule has 2 rings (SSSR count). The topological polar surface area (TPSA) is 141 Å². The van der Waals surface area contributed by atoms with Crippen LogP contribution >= 0.6 is 0 Å². The van der Waals surface area contributed by atoms with Crippen molar-refractivity contribution >= 4 is 39.5 Å². The number of halogens is 3. The van der Waals surface area contributed by atoms with E-state index < -0.39 is 83.7 Å². The number of hydrogen-bond donors (Lipinski definition) is 3. The molecule has 36 heavy (non-hydrogen) atoms. The molecule has 2 fully saturated rings. The first-order chi connectivity index (χ1) is 16.4. The second-order valence-electron chi connectivity index (χ2n) is 10.3. The van der Waals surface area contributed by atoms with Crippen molar-refractivity contribution in [3.8, 4) is 6.07 Å². The summed E-state index contributed by atoms with van der Waals surface area (Å²) in [5.41, 5.74) is -0.940. The summed E-state index contributed by atoms with van der Waals surface area (Å²) in [4.78, 5) is 51.0. The number of nitrogens with one attached hydrogen (secondary N) is 3. The minimum atomic E-state index is -4.69. The Morgan fingerprint density at radius 1 is 1.28 bits per heavy atom. The van der Waals surface area contributed by atoms with Crippen LogP contribution in [0.2, 0.25) is 0 Å².